The Bertz CT molecular complexity index is 348. The van der Waals surface area contributed by atoms with Crippen LogP contribution in [0.1, 0.15) is 5.56 Å². The molecule has 0 radical (unpaired) electrons. The Morgan fingerprint density at radius 3 is 2.57 bits per heavy atom. The summed E-state index contributed by atoms with van der Waals surface area (Å²) in [6.45, 7) is 3.48. The number of hydrogen-bond acceptors (Lipinski definition) is 1. The van der Waals surface area contributed by atoms with E-state index in [1.165, 1.54) is 6.08 Å². The summed E-state index contributed by atoms with van der Waals surface area (Å²) in [4.78, 5) is 0. The molecule has 0 unspecified atom stereocenters. The van der Waals surface area contributed by atoms with Crippen molar-refractivity contribution in [2.24, 2.45) is 0 Å². The molecule has 2 atom stereocenters. The van der Waals surface area contributed by atoms with Crippen LogP contribution < -0.4 is 0 Å². The Kier molecular flexibility index (Phi) is 4.25. The summed E-state index contributed by atoms with van der Waals surface area (Å²) in [5.41, 5.74) is 0.861. The summed E-state index contributed by atoms with van der Waals surface area (Å²) in [6, 6.07) is 9.44. The maximum Gasteiger partial charge on any atom is 0.134 e. The number of aliphatic hydroxyl groups excluding tert-OH is 1. The van der Waals surface area contributed by atoms with Gasteiger partial charge in [-0.25, -0.2) is 0 Å². The van der Waals surface area contributed by atoms with E-state index in [0.29, 0.717) is 0 Å². The van der Waals surface area contributed by atoms with E-state index in [2.05, 4.69) is 18.4 Å². The molecule has 2 heteroatoms. The molecule has 1 nitrogen and oxygen atoms in total. The van der Waals surface area contributed by atoms with Gasteiger partial charge >= 0.3 is 0 Å². The summed E-state index contributed by atoms with van der Waals surface area (Å²) in [7, 11) is 0. The van der Waals surface area contributed by atoms with Crippen LogP contribution in [0.4, 0.5) is 0 Å². The molecule has 1 N–H and O–H groups in total. The van der Waals surface area contributed by atoms with Crippen molar-refractivity contribution in [2.75, 3.05) is 0 Å². The predicted molar refractivity (Wildman–Crippen MR) is 59.2 cm³/mol. The van der Waals surface area contributed by atoms with Gasteiger partial charge in [-0.2, -0.15) is 0 Å². The summed E-state index contributed by atoms with van der Waals surface area (Å²) in [6.07, 6.45) is 0.598. The Hall–Kier alpha value is -1.23. The lowest BCUT2D eigenvalue weighted by atomic mass is 10.2. The molecule has 0 saturated carbocycles. The molecule has 0 spiro atoms. The second-order valence-corrected chi connectivity index (χ2v) is 3.26. The van der Waals surface area contributed by atoms with E-state index in [9.17, 15) is 5.11 Å². The minimum atomic E-state index is -0.866. The van der Waals surface area contributed by atoms with Crippen molar-refractivity contribution in [3.05, 3.63) is 48.6 Å². The van der Waals surface area contributed by atoms with Crippen molar-refractivity contribution >= 4 is 11.6 Å². The average Bonchev–Trinajstić information content (AvgIpc) is 2.26. The zero-order chi connectivity index (χ0) is 10.4. The number of rotatable bonds is 2. The molecule has 1 rings (SSSR count). The fourth-order valence-electron chi connectivity index (χ4n) is 0.887. The Morgan fingerprint density at radius 2 is 2.00 bits per heavy atom. The SMILES string of the molecule is C=C[C@H](Cl)[C@@H](O)C#Cc1ccccc1. The molecule has 0 aromatic heterocycles. The lowest BCUT2D eigenvalue weighted by Gasteiger charge is -2.04. The fraction of sp³-hybridized carbons (Fsp3) is 0.167. The topological polar surface area (TPSA) is 20.2 Å². The van der Waals surface area contributed by atoms with Crippen molar-refractivity contribution in [2.45, 2.75) is 11.5 Å². The predicted octanol–water partition coefficient (Wildman–Crippen LogP) is 2.19. The van der Waals surface area contributed by atoms with Crippen LogP contribution in [0.15, 0.2) is 43.0 Å². The van der Waals surface area contributed by atoms with E-state index >= 15 is 0 Å². The summed E-state index contributed by atoms with van der Waals surface area (Å²) in [5, 5.41) is 8.88. The minimum Gasteiger partial charge on any atom is -0.378 e. The fourth-order valence-corrected chi connectivity index (χ4v) is 0.950. The highest BCUT2D eigenvalue weighted by atomic mass is 35.5. The molecule has 0 aliphatic rings. The number of benzene rings is 1. The Morgan fingerprint density at radius 1 is 1.36 bits per heavy atom. The first-order chi connectivity index (χ1) is 6.74. The number of aliphatic hydroxyl groups is 1. The second-order valence-electron chi connectivity index (χ2n) is 2.76. The van der Waals surface area contributed by atoms with Gasteiger partial charge in [0, 0.05) is 5.56 Å². The van der Waals surface area contributed by atoms with Crippen molar-refractivity contribution in [3.63, 3.8) is 0 Å². The summed E-state index contributed by atoms with van der Waals surface area (Å²) in [5.74, 6) is 5.48. The lowest BCUT2D eigenvalue weighted by molar-refractivity contribution is 0.239. The third-order valence-corrected chi connectivity index (χ3v) is 2.08. The summed E-state index contributed by atoms with van der Waals surface area (Å²) >= 11 is 5.71. The van der Waals surface area contributed by atoms with Gasteiger partial charge in [0.1, 0.15) is 6.10 Å². The average molecular weight is 207 g/mol. The molecule has 1 aromatic rings. The quantitative estimate of drug-likeness (QED) is 0.447. The van der Waals surface area contributed by atoms with Gasteiger partial charge in [0.25, 0.3) is 0 Å². The van der Waals surface area contributed by atoms with Gasteiger partial charge in [0.15, 0.2) is 0 Å². The van der Waals surface area contributed by atoms with Gasteiger partial charge in [0.2, 0.25) is 0 Å². The molecule has 0 amide bonds. The van der Waals surface area contributed by atoms with Crippen LogP contribution in [0.3, 0.4) is 0 Å². The van der Waals surface area contributed by atoms with Crippen LogP contribution in [0.2, 0.25) is 0 Å². The van der Waals surface area contributed by atoms with E-state index in [0.717, 1.165) is 5.56 Å². The molecule has 0 aliphatic heterocycles. The van der Waals surface area contributed by atoms with Crippen LogP contribution in [0, 0.1) is 11.8 Å². The normalized spacial score (nSPS) is 13.6. The summed E-state index contributed by atoms with van der Waals surface area (Å²) < 4.78 is 0. The molecule has 0 heterocycles. The van der Waals surface area contributed by atoms with Crippen LogP contribution in [-0.4, -0.2) is 16.6 Å². The maximum absolute atomic E-state index is 9.40. The zero-order valence-electron chi connectivity index (χ0n) is 7.65. The van der Waals surface area contributed by atoms with Crippen molar-refractivity contribution in [1.29, 1.82) is 0 Å². The van der Waals surface area contributed by atoms with Gasteiger partial charge in [-0.05, 0) is 12.1 Å². The van der Waals surface area contributed by atoms with Crippen LogP contribution in [-0.2, 0) is 0 Å². The second kappa shape index (κ2) is 5.49. The zero-order valence-corrected chi connectivity index (χ0v) is 8.41. The smallest absolute Gasteiger partial charge is 0.134 e. The van der Waals surface area contributed by atoms with Gasteiger partial charge in [0.05, 0.1) is 5.38 Å². The Labute approximate surface area is 89.0 Å². The highest BCUT2D eigenvalue weighted by Crippen LogP contribution is 2.03. The first-order valence-electron chi connectivity index (χ1n) is 4.25. The molecule has 0 fully saturated rings. The highest BCUT2D eigenvalue weighted by molar-refractivity contribution is 6.22. The van der Waals surface area contributed by atoms with Crippen molar-refractivity contribution < 1.29 is 5.11 Å². The maximum atomic E-state index is 9.40. The van der Waals surface area contributed by atoms with Crippen LogP contribution in [0.25, 0.3) is 0 Å². The third kappa shape index (κ3) is 3.26. The molecule has 0 saturated heterocycles. The Balaban J connectivity index is 2.69. The van der Waals surface area contributed by atoms with E-state index < -0.39 is 11.5 Å². The number of alkyl halides is 1. The molecule has 0 bridgehead atoms. The van der Waals surface area contributed by atoms with E-state index in [1.807, 2.05) is 30.3 Å². The van der Waals surface area contributed by atoms with Crippen LogP contribution >= 0.6 is 11.6 Å². The largest absolute Gasteiger partial charge is 0.378 e. The van der Waals surface area contributed by atoms with Gasteiger partial charge in [-0.1, -0.05) is 36.1 Å². The van der Waals surface area contributed by atoms with E-state index in [4.69, 9.17) is 11.6 Å². The van der Waals surface area contributed by atoms with Gasteiger partial charge in [-0.3, -0.25) is 0 Å². The van der Waals surface area contributed by atoms with Crippen LogP contribution in [0.5, 0.6) is 0 Å². The number of halogens is 1. The third-order valence-electron chi connectivity index (χ3n) is 1.66. The van der Waals surface area contributed by atoms with Gasteiger partial charge < -0.3 is 5.11 Å². The first-order valence-corrected chi connectivity index (χ1v) is 4.69. The highest BCUT2D eigenvalue weighted by Gasteiger charge is 2.08. The minimum absolute atomic E-state index is 0.522. The molecular formula is C12H11ClO. The van der Waals surface area contributed by atoms with E-state index in [1.54, 1.807) is 0 Å². The molecule has 0 aliphatic carbocycles. The first kappa shape index (κ1) is 10.8. The van der Waals surface area contributed by atoms with Crippen molar-refractivity contribution in [1.82, 2.24) is 0 Å². The molecule has 1 aromatic carbocycles. The molecular weight excluding hydrogens is 196 g/mol. The molecule has 14 heavy (non-hydrogen) atoms. The monoisotopic (exact) mass is 206 g/mol. The van der Waals surface area contributed by atoms with Gasteiger partial charge in [-0.15, -0.1) is 18.2 Å². The van der Waals surface area contributed by atoms with E-state index in [-0.39, 0.29) is 0 Å². The number of hydrogen-bond donors (Lipinski definition) is 1. The molecule has 72 valence electrons. The lowest BCUT2D eigenvalue weighted by Crippen LogP contribution is -2.15. The van der Waals surface area contributed by atoms with Crippen molar-refractivity contribution in [3.8, 4) is 11.8 Å². The standard InChI is InChI=1S/C12H11ClO/c1-2-11(13)12(14)9-8-10-6-4-3-5-7-10/h2-7,11-12,14H,1H2/t11-,12-/m0/s1.